The molecule has 1 heterocycles. The maximum Gasteiger partial charge on any atom is 0.0951 e. The van der Waals surface area contributed by atoms with Gasteiger partial charge in [-0.2, -0.15) is 5.26 Å². The molecule has 0 saturated carbocycles. The van der Waals surface area contributed by atoms with Crippen LogP contribution in [-0.4, -0.2) is 18.1 Å². The number of hydrogen-bond acceptors (Lipinski definition) is 3. The van der Waals surface area contributed by atoms with Gasteiger partial charge in [0.15, 0.2) is 0 Å². The fourth-order valence-electron chi connectivity index (χ4n) is 2.64. The molecule has 0 bridgehead atoms. The van der Waals surface area contributed by atoms with E-state index in [9.17, 15) is 5.26 Å². The molecular weight excluding hydrogens is 234 g/mol. The van der Waals surface area contributed by atoms with E-state index in [4.69, 9.17) is 5.84 Å². The fraction of sp³-hybridized carbons (Fsp3) is 0.188. The predicted molar refractivity (Wildman–Crippen MR) is 76.9 cm³/mol. The largest absolute Gasteiger partial charge is 0.268 e. The molecule has 94 valence electrons. The van der Waals surface area contributed by atoms with Crippen LogP contribution in [0.3, 0.4) is 0 Å². The molecule has 2 aromatic carbocycles. The van der Waals surface area contributed by atoms with Crippen LogP contribution >= 0.6 is 0 Å². The lowest BCUT2D eigenvalue weighted by Gasteiger charge is -2.25. The van der Waals surface area contributed by atoms with Crippen molar-refractivity contribution in [3.63, 3.8) is 0 Å². The zero-order chi connectivity index (χ0) is 13.2. The summed E-state index contributed by atoms with van der Waals surface area (Å²) in [7, 11) is 0. The molecule has 0 fully saturated rings. The first-order valence-electron chi connectivity index (χ1n) is 6.39. The highest BCUT2D eigenvalue weighted by molar-refractivity contribution is 5.95. The van der Waals surface area contributed by atoms with Crippen LogP contribution < -0.4 is 5.84 Å². The highest BCUT2D eigenvalue weighted by atomic mass is 15.4. The summed E-state index contributed by atoms with van der Waals surface area (Å²) in [5.74, 6) is 5.91. The molecule has 3 rings (SSSR count). The van der Waals surface area contributed by atoms with Gasteiger partial charge in [-0.1, -0.05) is 42.5 Å². The first-order valence-corrected chi connectivity index (χ1v) is 6.39. The molecule has 0 unspecified atom stereocenters. The summed E-state index contributed by atoms with van der Waals surface area (Å²) >= 11 is 0. The zero-order valence-corrected chi connectivity index (χ0v) is 10.6. The molecule has 0 saturated heterocycles. The van der Waals surface area contributed by atoms with Gasteiger partial charge in [-0.25, -0.2) is 5.01 Å². The number of benzene rings is 2. The summed E-state index contributed by atoms with van der Waals surface area (Å²) in [6.07, 6.45) is 0.728. The molecular formula is C16H15N3. The molecule has 0 atom stereocenters. The van der Waals surface area contributed by atoms with Crippen molar-refractivity contribution < 1.29 is 0 Å². The fourth-order valence-corrected chi connectivity index (χ4v) is 2.64. The maximum absolute atomic E-state index is 9.31. The van der Waals surface area contributed by atoms with Gasteiger partial charge in [0.25, 0.3) is 0 Å². The van der Waals surface area contributed by atoms with Gasteiger partial charge in [0.05, 0.1) is 6.07 Å². The minimum Gasteiger partial charge on any atom is -0.268 e. The highest BCUT2D eigenvalue weighted by Crippen LogP contribution is 2.30. The Kier molecular flexibility index (Phi) is 3.04. The van der Waals surface area contributed by atoms with E-state index in [1.807, 2.05) is 18.2 Å². The van der Waals surface area contributed by atoms with E-state index < -0.39 is 0 Å². The van der Waals surface area contributed by atoms with Gasteiger partial charge in [0, 0.05) is 18.7 Å². The molecule has 19 heavy (non-hydrogen) atoms. The number of nitrogens with zero attached hydrogens (tertiary/aromatic N) is 2. The Morgan fingerprint density at radius 2 is 1.89 bits per heavy atom. The van der Waals surface area contributed by atoms with Crippen LogP contribution in [0.2, 0.25) is 0 Å². The first kappa shape index (κ1) is 11.9. The molecule has 2 N–H and O–H groups in total. The summed E-state index contributed by atoms with van der Waals surface area (Å²) in [6, 6.07) is 16.8. The Hall–Kier alpha value is -2.15. The highest BCUT2D eigenvalue weighted by Gasteiger charge is 2.19. The second-order valence-electron chi connectivity index (χ2n) is 4.82. The van der Waals surface area contributed by atoms with Crippen LogP contribution in [0, 0.1) is 11.3 Å². The number of hydrazine groups is 1. The lowest BCUT2D eigenvalue weighted by atomic mass is 9.91. The number of nitrogens with two attached hydrogens (primary N) is 1. The van der Waals surface area contributed by atoms with Gasteiger partial charge in [-0.3, -0.25) is 5.84 Å². The Labute approximate surface area is 112 Å². The van der Waals surface area contributed by atoms with Crippen molar-refractivity contribution in [3.8, 4) is 6.07 Å². The van der Waals surface area contributed by atoms with Crippen molar-refractivity contribution >= 4 is 16.3 Å². The van der Waals surface area contributed by atoms with Crippen molar-refractivity contribution in [2.45, 2.75) is 6.42 Å². The smallest absolute Gasteiger partial charge is 0.0951 e. The second kappa shape index (κ2) is 4.85. The van der Waals surface area contributed by atoms with Gasteiger partial charge >= 0.3 is 0 Å². The second-order valence-corrected chi connectivity index (χ2v) is 4.82. The quantitative estimate of drug-likeness (QED) is 0.790. The van der Waals surface area contributed by atoms with E-state index in [1.54, 1.807) is 5.01 Å². The van der Waals surface area contributed by atoms with E-state index in [0.717, 1.165) is 29.7 Å². The minimum atomic E-state index is 0.636. The van der Waals surface area contributed by atoms with Crippen molar-refractivity contribution in [3.05, 3.63) is 53.6 Å². The molecule has 0 amide bonds. The normalized spacial score (nSPS) is 16.6. The predicted octanol–water partition coefficient (Wildman–Crippen LogP) is 2.70. The first-order chi connectivity index (χ1) is 9.29. The molecule has 2 aromatic rings. The number of rotatable bonds is 1. The van der Waals surface area contributed by atoms with E-state index in [0.29, 0.717) is 6.54 Å². The molecule has 3 heteroatoms. The van der Waals surface area contributed by atoms with E-state index in [1.165, 1.54) is 10.8 Å². The summed E-state index contributed by atoms with van der Waals surface area (Å²) in [5.41, 5.74) is 3.05. The Balaban J connectivity index is 2.24. The zero-order valence-electron chi connectivity index (χ0n) is 10.6. The molecule has 0 spiro atoms. The molecule has 0 aromatic heterocycles. The number of nitriles is 1. The maximum atomic E-state index is 9.31. The summed E-state index contributed by atoms with van der Waals surface area (Å²) in [5, 5.41) is 13.5. The van der Waals surface area contributed by atoms with Crippen LogP contribution in [0.1, 0.15) is 12.0 Å². The van der Waals surface area contributed by atoms with Crippen LogP contribution in [0.25, 0.3) is 16.3 Å². The van der Waals surface area contributed by atoms with Crippen LogP contribution in [0.4, 0.5) is 0 Å². The van der Waals surface area contributed by atoms with Gasteiger partial charge in [-0.15, -0.1) is 0 Å². The Morgan fingerprint density at radius 3 is 2.74 bits per heavy atom. The summed E-state index contributed by atoms with van der Waals surface area (Å²) < 4.78 is 0. The molecule has 3 nitrogen and oxygen atoms in total. The van der Waals surface area contributed by atoms with Crippen molar-refractivity contribution in [1.82, 2.24) is 5.01 Å². The molecule has 1 aliphatic rings. The standard InChI is InChI=1S/C16H15N3/c17-10-13-8-9-19(18)11-16(13)15-7-3-5-12-4-1-2-6-14(12)15/h1-7H,8-9,11,18H2. The third-order valence-corrected chi connectivity index (χ3v) is 3.62. The van der Waals surface area contributed by atoms with Gasteiger partial charge in [0.1, 0.15) is 0 Å². The van der Waals surface area contributed by atoms with E-state index in [-0.39, 0.29) is 0 Å². The van der Waals surface area contributed by atoms with Crippen LogP contribution in [0.15, 0.2) is 48.0 Å². The third-order valence-electron chi connectivity index (χ3n) is 3.62. The molecule has 0 aliphatic carbocycles. The third kappa shape index (κ3) is 2.12. The van der Waals surface area contributed by atoms with Gasteiger partial charge in [0.2, 0.25) is 0 Å². The van der Waals surface area contributed by atoms with Crippen molar-refractivity contribution in [2.24, 2.45) is 5.84 Å². The van der Waals surface area contributed by atoms with Crippen molar-refractivity contribution in [1.29, 1.82) is 5.26 Å². The van der Waals surface area contributed by atoms with E-state index in [2.05, 4.69) is 30.3 Å². The Morgan fingerprint density at radius 1 is 1.11 bits per heavy atom. The van der Waals surface area contributed by atoms with Gasteiger partial charge < -0.3 is 0 Å². The van der Waals surface area contributed by atoms with Crippen molar-refractivity contribution in [2.75, 3.05) is 13.1 Å². The molecule has 1 aliphatic heterocycles. The number of fused-ring (bicyclic) bond motifs is 1. The monoisotopic (exact) mass is 249 g/mol. The van der Waals surface area contributed by atoms with E-state index >= 15 is 0 Å². The SMILES string of the molecule is N#CC1=C(c2cccc3ccccc23)CN(N)CC1. The van der Waals surface area contributed by atoms with Crippen LogP contribution in [-0.2, 0) is 0 Å². The lowest BCUT2D eigenvalue weighted by molar-refractivity contribution is 0.314. The number of hydrogen-bond donors (Lipinski definition) is 1. The average molecular weight is 249 g/mol. The summed E-state index contributed by atoms with van der Waals surface area (Å²) in [4.78, 5) is 0. The van der Waals surface area contributed by atoms with Crippen LogP contribution in [0.5, 0.6) is 0 Å². The minimum absolute atomic E-state index is 0.636. The Bertz CT molecular complexity index is 689. The average Bonchev–Trinajstić information content (AvgIpc) is 2.46. The lowest BCUT2D eigenvalue weighted by Crippen LogP contribution is -2.36. The topological polar surface area (TPSA) is 53.0 Å². The summed E-state index contributed by atoms with van der Waals surface area (Å²) in [6.45, 7) is 1.38. The molecule has 0 radical (unpaired) electrons. The van der Waals surface area contributed by atoms with Gasteiger partial charge in [-0.05, 0) is 28.3 Å².